The lowest BCUT2D eigenvalue weighted by atomic mass is 10.1. The number of carbonyl (C=O) groups excluding carboxylic acids is 2. The number of benzene rings is 2. The smallest absolute Gasteiger partial charge is 0.445 e. The summed E-state index contributed by atoms with van der Waals surface area (Å²) in [7, 11) is -3.94. The van der Waals surface area contributed by atoms with E-state index in [1.165, 1.54) is 6.42 Å². The van der Waals surface area contributed by atoms with Gasteiger partial charge in [-0.05, 0) is 44.0 Å². The zero-order valence-corrected chi connectivity index (χ0v) is 21.7. The Bertz CT molecular complexity index is 841. The molecule has 0 bridgehead atoms. The number of rotatable bonds is 19. The van der Waals surface area contributed by atoms with Gasteiger partial charge < -0.3 is 18.6 Å². The second-order valence-electron chi connectivity index (χ2n) is 8.54. The van der Waals surface area contributed by atoms with Crippen molar-refractivity contribution >= 4 is 19.9 Å². The van der Waals surface area contributed by atoms with Crippen LogP contribution in [0, 0.1) is 0 Å². The summed E-state index contributed by atoms with van der Waals surface area (Å²) in [4.78, 5) is 23.3. The molecule has 192 valence electrons. The Hall–Kier alpha value is -2.59. The topological polar surface area (TPSA) is 78.9 Å². The van der Waals surface area contributed by atoms with Crippen LogP contribution >= 0.6 is 7.60 Å². The monoisotopic (exact) mass is 502 g/mol. The first-order valence-corrected chi connectivity index (χ1v) is 14.4. The molecule has 0 fully saturated rings. The summed E-state index contributed by atoms with van der Waals surface area (Å²) < 4.78 is 31.2. The molecule has 0 N–H and O–H groups in total. The van der Waals surface area contributed by atoms with Crippen LogP contribution in [0.2, 0.25) is 0 Å². The van der Waals surface area contributed by atoms with E-state index in [0.717, 1.165) is 57.7 Å². The predicted molar refractivity (Wildman–Crippen MR) is 139 cm³/mol. The highest BCUT2D eigenvalue weighted by Gasteiger charge is 2.45. The maximum Gasteiger partial charge on any atom is 0.445 e. The fourth-order valence-corrected chi connectivity index (χ4v) is 5.80. The SMILES string of the molecule is CCOC(=O)C(CCCCCCCCCCCC=O)P(=O)(Oc1ccccc1)Oc1ccccc1. The van der Waals surface area contributed by atoms with E-state index in [1.54, 1.807) is 55.5 Å². The third-order valence-electron chi connectivity index (χ3n) is 5.69. The summed E-state index contributed by atoms with van der Waals surface area (Å²) in [5.74, 6) is 0.210. The molecule has 1 unspecified atom stereocenters. The first-order chi connectivity index (χ1) is 17.1. The number of hydrogen-bond acceptors (Lipinski definition) is 6. The Morgan fingerprint density at radius 3 is 1.69 bits per heavy atom. The number of hydrogen-bond donors (Lipinski definition) is 0. The molecule has 0 saturated heterocycles. The molecule has 35 heavy (non-hydrogen) atoms. The first kappa shape index (κ1) is 28.6. The van der Waals surface area contributed by atoms with E-state index in [0.29, 0.717) is 24.3 Å². The van der Waals surface area contributed by atoms with Crippen LogP contribution in [0.15, 0.2) is 60.7 Å². The number of aldehydes is 1. The Labute approximate surface area is 209 Å². The second kappa shape index (κ2) is 16.9. The van der Waals surface area contributed by atoms with Gasteiger partial charge in [0.2, 0.25) is 0 Å². The molecular formula is C28H39O6P. The standard InChI is InChI=1S/C28H39O6P/c1-2-32-28(30)27(23-17-9-7-5-3-4-6-8-10-18-24-29)35(31,33-25-19-13-11-14-20-25)34-26-21-15-12-16-22-26/h11-16,19-22,24,27H,2-10,17-18,23H2,1H3. The predicted octanol–water partition coefficient (Wildman–Crippen LogP) is 7.76. The number of para-hydroxylation sites is 2. The van der Waals surface area contributed by atoms with Crippen molar-refractivity contribution in [2.75, 3.05) is 6.61 Å². The molecule has 7 heteroatoms. The van der Waals surface area contributed by atoms with Crippen LogP contribution in [0.1, 0.15) is 77.6 Å². The minimum absolute atomic E-state index is 0.193. The third-order valence-corrected chi connectivity index (χ3v) is 7.85. The lowest BCUT2D eigenvalue weighted by Crippen LogP contribution is -2.28. The van der Waals surface area contributed by atoms with Crippen molar-refractivity contribution in [3.63, 3.8) is 0 Å². The van der Waals surface area contributed by atoms with E-state index in [2.05, 4.69) is 0 Å². The van der Waals surface area contributed by atoms with Gasteiger partial charge in [-0.1, -0.05) is 87.8 Å². The Balaban J connectivity index is 1.98. The van der Waals surface area contributed by atoms with Gasteiger partial charge >= 0.3 is 13.6 Å². The van der Waals surface area contributed by atoms with Crippen LogP contribution in [0.4, 0.5) is 0 Å². The van der Waals surface area contributed by atoms with Crippen molar-refractivity contribution < 1.29 is 27.9 Å². The summed E-state index contributed by atoms with van der Waals surface area (Å²) in [6.45, 7) is 1.92. The maximum absolute atomic E-state index is 14.1. The summed E-state index contributed by atoms with van der Waals surface area (Å²) in [5.41, 5.74) is -1.01. The highest BCUT2D eigenvalue weighted by atomic mass is 31.2. The maximum atomic E-state index is 14.1. The normalized spacial score (nSPS) is 12.0. The number of ether oxygens (including phenoxy) is 1. The van der Waals surface area contributed by atoms with Gasteiger partial charge in [0.1, 0.15) is 17.8 Å². The van der Waals surface area contributed by atoms with Crippen molar-refractivity contribution in [2.45, 2.75) is 83.2 Å². The Morgan fingerprint density at radius 1 is 0.771 bits per heavy atom. The third kappa shape index (κ3) is 11.1. The molecule has 0 aromatic heterocycles. The fraction of sp³-hybridized carbons (Fsp3) is 0.500. The highest BCUT2D eigenvalue weighted by Crippen LogP contribution is 2.54. The van der Waals surface area contributed by atoms with Crippen molar-refractivity contribution in [3.8, 4) is 11.5 Å². The van der Waals surface area contributed by atoms with Crippen molar-refractivity contribution in [2.24, 2.45) is 0 Å². The van der Waals surface area contributed by atoms with Crippen LogP contribution < -0.4 is 9.05 Å². The van der Waals surface area contributed by atoms with E-state index in [9.17, 15) is 14.2 Å². The van der Waals surface area contributed by atoms with Gasteiger partial charge in [0.05, 0.1) is 6.61 Å². The lowest BCUT2D eigenvalue weighted by Gasteiger charge is -2.26. The van der Waals surface area contributed by atoms with E-state index in [4.69, 9.17) is 13.8 Å². The molecule has 0 radical (unpaired) electrons. The van der Waals surface area contributed by atoms with Crippen molar-refractivity contribution in [3.05, 3.63) is 60.7 Å². The molecule has 0 aliphatic rings. The summed E-state index contributed by atoms with van der Waals surface area (Å²) in [6, 6.07) is 17.6. The second-order valence-corrected chi connectivity index (χ2v) is 10.6. The molecule has 2 aromatic carbocycles. The molecule has 1 atom stereocenters. The molecule has 2 aromatic rings. The van der Waals surface area contributed by atoms with Gasteiger partial charge in [-0.15, -0.1) is 0 Å². The van der Waals surface area contributed by atoms with Crippen molar-refractivity contribution in [1.29, 1.82) is 0 Å². The highest BCUT2D eigenvalue weighted by molar-refractivity contribution is 7.56. The van der Waals surface area contributed by atoms with Gasteiger partial charge in [-0.2, -0.15) is 0 Å². The quantitative estimate of drug-likeness (QED) is 0.0845. The largest absolute Gasteiger partial charge is 0.465 e. The van der Waals surface area contributed by atoms with E-state index in [1.807, 2.05) is 12.1 Å². The summed E-state index contributed by atoms with van der Waals surface area (Å²) in [6.07, 6.45) is 11.4. The average molecular weight is 503 g/mol. The van der Waals surface area contributed by atoms with Gasteiger partial charge in [0.15, 0.2) is 5.66 Å². The minimum Gasteiger partial charge on any atom is -0.465 e. The number of unbranched alkanes of at least 4 members (excludes halogenated alkanes) is 9. The first-order valence-electron chi connectivity index (χ1n) is 12.8. The minimum atomic E-state index is -3.94. The average Bonchev–Trinajstić information content (AvgIpc) is 2.86. The number of esters is 1. The zero-order valence-electron chi connectivity index (χ0n) is 20.8. The van der Waals surface area contributed by atoms with Gasteiger partial charge in [-0.3, -0.25) is 4.79 Å². The van der Waals surface area contributed by atoms with Gasteiger partial charge in [-0.25, -0.2) is 4.57 Å². The number of carbonyl (C=O) groups is 2. The Kier molecular flexibility index (Phi) is 13.9. The fourth-order valence-electron chi connectivity index (χ4n) is 3.85. The molecule has 0 heterocycles. The van der Waals surface area contributed by atoms with Crippen molar-refractivity contribution in [1.82, 2.24) is 0 Å². The van der Waals surface area contributed by atoms with Crippen LogP contribution in [0.25, 0.3) is 0 Å². The van der Waals surface area contributed by atoms with Gasteiger partial charge in [0.25, 0.3) is 0 Å². The molecule has 0 saturated carbocycles. The summed E-state index contributed by atoms with van der Waals surface area (Å²) >= 11 is 0. The van der Waals surface area contributed by atoms with E-state index < -0.39 is 19.2 Å². The molecule has 6 nitrogen and oxygen atoms in total. The molecular weight excluding hydrogens is 463 g/mol. The molecule has 2 rings (SSSR count). The summed E-state index contributed by atoms with van der Waals surface area (Å²) in [5, 5.41) is 0. The van der Waals surface area contributed by atoms with E-state index >= 15 is 0 Å². The van der Waals surface area contributed by atoms with Crippen LogP contribution in [-0.4, -0.2) is 24.5 Å². The van der Waals surface area contributed by atoms with Crippen LogP contribution in [0.5, 0.6) is 11.5 Å². The van der Waals surface area contributed by atoms with Crippen LogP contribution in [0.3, 0.4) is 0 Å². The van der Waals surface area contributed by atoms with Crippen LogP contribution in [-0.2, 0) is 18.9 Å². The molecule has 0 amide bonds. The molecule has 0 aliphatic carbocycles. The van der Waals surface area contributed by atoms with Gasteiger partial charge in [0, 0.05) is 6.42 Å². The Morgan fingerprint density at radius 2 is 1.23 bits per heavy atom. The molecule has 0 spiro atoms. The van der Waals surface area contributed by atoms with E-state index in [-0.39, 0.29) is 6.61 Å². The molecule has 0 aliphatic heterocycles. The lowest BCUT2D eigenvalue weighted by molar-refractivity contribution is -0.143. The zero-order chi connectivity index (χ0) is 25.2.